The second-order valence-electron chi connectivity index (χ2n) is 5.43. The van der Waals surface area contributed by atoms with Crippen LogP contribution in [0.4, 0.5) is 13.2 Å². The molecule has 1 fully saturated rings. The summed E-state index contributed by atoms with van der Waals surface area (Å²) in [5.74, 6) is 1.39. The summed E-state index contributed by atoms with van der Waals surface area (Å²) in [6, 6.07) is 0. The molecule has 1 heterocycles. The normalized spacial score (nSPS) is 31.7. The Hall–Kier alpha value is 0.140. The average molecular weight is 254 g/mol. The van der Waals surface area contributed by atoms with E-state index >= 15 is 0 Å². The van der Waals surface area contributed by atoms with Crippen molar-refractivity contribution in [2.24, 2.45) is 17.8 Å². The van der Waals surface area contributed by atoms with Gasteiger partial charge in [-0.2, -0.15) is 24.9 Å². The SMILES string of the molecule is CC(C)C1CC(CC(F)(F)F)SC1C(C)C. The van der Waals surface area contributed by atoms with Gasteiger partial charge in [0, 0.05) is 10.5 Å². The topological polar surface area (TPSA) is 0 Å². The molecule has 96 valence electrons. The molecule has 0 saturated carbocycles. The van der Waals surface area contributed by atoms with Crippen LogP contribution in [0, 0.1) is 17.8 Å². The molecule has 1 rings (SSSR count). The van der Waals surface area contributed by atoms with Gasteiger partial charge in [-0.1, -0.05) is 27.7 Å². The van der Waals surface area contributed by atoms with E-state index < -0.39 is 12.6 Å². The van der Waals surface area contributed by atoms with Crippen LogP contribution in [-0.2, 0) is 0 Å². The van der Waals surface area contributed by atoms with Crippen LogP contribution in [0.5, 0.6) is 0 Å². The molecule has 0 aromatic carbocycles. The molecular weight excluding hydrogens is 233 g/mol. The van der Waals surface area contributed by atoms with E-state index in [2.05, 4.69) is 27.7 Å². The number of halogens is 3. The molecule has 0 nitrogen and oxygen atoms in total. The zero-order valence-electron chi connectivity index (χ0n) is 10.3. The highest BCUT2D eigenvalue weighted by Gasteiger charge is 2.42. The lowest BCUT2D eigenvalue weighted by Crippen LogP contribution is -2.22. The smallest absolute Gasteiger partial charge is 0.171 e. The Morgan fingerprint density at radius 3 is 2.00 bits per heavy atom. The summed E-state index contributed by atoms with van der Waals surface area (Å²) >= 11 is 1.56. The molecular formula is C12H21F3S. The predicted molar refractivity (Wildman–Crippen MR) is 63.6 cm³/mol. The van der Waals surface area contributed by atoms with Gasteiger partial charge < -0.3 is 0 Å². The summed E-state index contributed by atoms with van der Waals surface area (Å²) in [4.78, 5) is 0. The van der Waals surface area contributed by atoms with Gasteiger partial charge in [0.2, 0.25) is 0 Å². The fourth-order valence-electron chi connectivity index (χ4n) is 2.51. The van der Waals surface area contributed by atoms with Crippen molar-refractivity contribution in [3.63, 3.8) is 0 Å². The maximum absolute atomic E-state index is 12.4. The van der Waals surface area contributed by atoms with Crippen LogP contribution in [0.15, 0.2) is 0 Å². The average Bonchev–Trinajstić information content (AvgIpc) is 2.44. The van der Waals surface area contributed by atoms with Crippen LogP contribution in [0.1, 0.15) is 40.5 Å². The third-order valence-electron chi connectivity index (χ3n) is 3.28. The van der Waals surface area contributed by atoms with Crippen molar-refractivity contribution in [3.8, 4) is 0 Å². The number of hydrogen-bond donors (Lipinski definition) is 0. The van der Waals surface area contributed by atoms with Crippen molar-refractivity contribution in [3.05, 3.63) is 0 Å². The quantitative estimate of drug-likeness (QED) is 0.701. The van der Waals surface area contributed by atoms with Crippen molar-refractivity contribution < 1.29 is 13.2 Å². The number of rotatable bonds is 3. The van der Waals surface area contributed by atoms with E-state index in [4.69, 9.17) is 0 Å². The zero-order valence-corrected chi connectivity index (χ0v) is 11.2. The van der Waals surface area contributed by atoms with E-state index in [-0.39, 0.29) is 5.25 Å². The van der Waals surface area contributed by atoms with Crippen molar-refractivity contribution in [1.29, 1.82) is 0 Å². The third-order valence-corrected chi connectivity index (χ3v) is 5.23. The van der Waals surface area contributed by atoms with Crippen molar-refractivity contribution in [1.82, 2.24) is 0 Å². The van der Waals surface area contributed by atoms with Crippen molar-refractivity contribution in [2.75, 3.05) is 0 Å². The molecule has 0 aromatic heterocycles. The van der Waals surface area contributed by atoms with Gasteiger partial charge in [0.15, 0.2) is 0 Å². The maximum Gasteiger partial charge on any atom is 0.390 e. The fourth-order valence-corrected chi connectivity index (χ4v) is 4.51. The highest BCUT2D eigenvalue weighted by Crippen LogP contribution is 2.48. The van der Waals surface area contributed by atoms with Gasteiger partial charge in [-0.05, 0) is 24.2 Å². The van der Waals surface area contributed by atoms with Gasteiger partial charge in [0.05, 0.1) is 6.42 Å². The van der Waals surface area contributed by atoms with Gasteiger partial charge >= 0.3 is 6.18 Å². The molecule has 3 unspecified atom stereocenters. The van der Waals surface area contributed by atoms with Gasteiger partial charge in [-0.25, -0.2) is 0 Å². The molecule has 1 aliphatic rings. The highest BCUT2D eigenvalue weighted by molar-refractivity contribution is 8.00. The van der Waals surface area contributed by atoms with E-state index in [1.807, 2.05) is 0 Å². The molecule has 0 N–H and O–H groups in total. The zero-order chi connectivity index (χ0) is 12.5. The van der Waals surface area contributed by atoms with Gasteiger partial charge in [0.1, 0.15) is 0 Å². The predicted octanol–water partition coefficient (Wildman–Crippen LogP) is 4.74. The molecule has 16 heavy (non-hydrogen) atoms. The second-order valence-corrected chi connectivity index (χ2v) is 6.91. The highest BCUT2D eigenvalue weighted by atomic mass is 32.2. The first kappa shape index (κ1) is 14.2. The minimum Gasteiger partial charge on any atom is -0.171 e. The summed E-state index contributed by atoms with van der Waals surface area (Å²) < 4.78 is 37.1. The monoisotopic (exact) mass is 254 g/mol. The maximum atomic E-state index is 12.4. The molecule has 0 radical (unpaired) electrons. The van der Waals surface area contributed by atoms with E-state index in [0.29, 0.717) is 23.0 Å². The van der Waals surface area contributed by atoms with Crippen LogP contribution < -0.4 is 0 Å². The van der Waals surface area contributed by atoms with Gasteiger partial charge in [0.25, 0.3) is 0 Å². The first-order valence-electron chi connectivity index (χ1n) is 5.93. The van der Waals surface area contributed by atoms with Crippen LogP contribution in [0.3, 0.4) is 0 Å². The molecule has 1 aliphatic heterocycles. The van der Waals surface area contributed by atoms with Crippen LogP contribution in [-0.4, -0.2) is 16.7 Å². The molecule has 0 bridgehead atoms. The van der Waals surface area contributed by atoms with E-state index in [0.717, 1.165) is 6.42 Å². The standard InChI is InChI=1S/C12H21F3S/c1-7(2)10-5-9(6-12(13,14)15)16-11(10)8(3)4/h7-11H,5-6H2,1-4H3. The molecule has 1 saturated heterocycles. The Morgan fingerprint density at radius 1 is 1.12 bits per heavy atom. The fraction of sp³-hybridized carbons (Fsp3) is 1.00. The lowest BCUT2D eigenvalue weighted by molar-refractivity contribution is -0.134. The Balaban J connectivity index is 2.62. The van der Waals surface area contributed by atoms with E-state index in [1.54, 1.807) is 11.8 Å². The van der Waals surface area contributed by atoms with Crippen LogP contribution in [0.2, 0.25) is 0 Å². The lowest BCUT2D eigenvalue weighted by Gasteiger charge is -2.25. The molecule has 0 aliphatic carbocycles. The lowest BCUT2D eigenvalue weighted by atomic mass is 9.84. The summed E-state index contributed by atoms with van der Waals surface area (Å²) in [5.41, 5.74) is 0. The Morgan fingerprint density at radius 2 is 1.69 bits per heavy atom. The number of hydrogen-bond acceptors (Lipinski definition) is 1. The van der Waals surface area contributed by atoms with Crippen molar-refractivity contribution in [2.45, 2.75) is 57.2 Å². The summed E-state index contributed by atoms with van der Waals surface area (Å²) in [6.07, 6.45) is -3.90. The molecule has 0 amide bonds. The number of thioether (sulfide) groups is 1. The molecule has 4 heteroatoms. The number of alkyl halides is 3. The minimum atomic E-state index is -4.01. The van der Waals surface area contributed by atoms with Crippen LogP contribution in [0.25, 0.3) is 0 Å². The molecule has 3 atom stereocenters. The minimum absolute atomic E-state index is 0.222. The summed E-state index contributed by atoms with van der Waals surface area (Å²) in [7, 11) is 0. The third kappa shape index (κ3) is 3.86. The van der Waals surface area contributed by atoms with Gasteiger partial charge in [-0.3, -0.25) is 0 Å². The van der Waals surface area contributed by atoms with E-state index in [1.165, 1.54) is 0 Å². The Bertz CT molecular complexity index is 207. The summed E-state index contributed by atoms with van der Waals surface area (Å²) in [6.45, 7) is 8.47. The molecule has 0 spiro atoms. The van der Waals surface area contributed by atoms with E-state index in [9.17, 15) is 13.2 Å². The van der Waals surface area contributed by atoms with Gasteiger partial charge in [-0.15, -0.1) is 0 Å². The Kier molecular flexibility index (Phi) is 4.61. The largest absolute Gasteiger partial charge is 0.390 e. The second kappa shape index (κ2) is 5.19. The first-order valence-corrected chi connectivity index (χ1v) is 6.87. The first-order chi connectivity index (χ1) is 7.20. The molecule has 0 aromatic rings. The Labute approximate surface area is 100 Å². The van der Waals surface area contributed by atoms with Crippen molar-refractivity contribution >= 4 is 11.8 Å². The summed E-state index contributed by atoms with van der Waals surface area (Å²) in [5, 5.41) is 0.173. The van der Waals surface area contributed by atoms with Crippen LogP contribution >= 0.6 is 11.8 Å².